The molecule has 0 unspecified atom stereocenters. The normalized spacial score (nSPS) is 9.82. The summed E-state index contributed by atoms with van der Waals surface area (Å²) in [5.74, 6) is -0.752. The first kappa shape index (κ1) is 13.1. The van der Waals surface area contributed by atoms with Crippen LogP contribution in [0.25, 0.3) is 0 Å². The van der Waals surface area contributed by atoms with Gasteiger partial charge in [0.1, 0.15) is 0 Å². The largest absolute Gasteiger partial charge is 0.488 e. The number of non-ortho nitro benzene ring substituents is 1. The molecule has 0 bridgehead atoms. The molecule has 0 atom stereocenters. The molecule has 0 amide bonds. The van der Waals surface area contributed by atoms with E-state index in [2.05, 4.69) is 4.74 Å². The van der Waals surface area contributed by atoms with Gasteiger partial charge < -0.3 is 14.8 Å². The third-order valence-corrected chi connectivity index (χ3v) is 1.96. The van der Waals surface area contributed by atoms with Crippen LogP contribution in [-0.4, -0.2) is 34.7 Å². The van der Waals surface area contributed by atoms with Crippen LogP contribution in [0.15, 0.2) is 18.2 Å². The van der Waals surface area contributed by atoms with Crippen LogP contribution in [0, 0.1) is 10.1 Å². The number of nitrogens with zero attached hydrogens (tertiary/aromatic N) is 1. The Labute approximate surface area is 96.9 Å². The summed E-state index contributed by atoms with van der Waals surface area (Å²) in [5.41, 5.74) is -0.634. The van der Waals surface area contributed by atoms with Crippen LogP contribution in [0.5, 0.6) is 0 Å². The molecule has 0 saturated carbocycles. The lowest BCUT2D eigenvalue weighted by atomic mass is 9.79. The van der Waals surface area contributed by atoms with Gasteiger partial charge in [0.05, 0.1) is 17.1 Å². The molecule has 8 heteroatoms. The molecule has 0 aliphatic heterocycles. The van der Waals surface area contributed by atoms with Gasteiger partial charge in [-0.25, -0.2) is 4.79 Å². The van der Waals surface area contributed by atoms with Crippen molar-refractivity contribution >= 4 is 24.2 Å². The fourth-order valence-corrected chi connectivity index (χ4v) is 1.22. The van der Waals surface area contributed by atoms with E-state index in [1.807, 2.05) is 0 Å². The maximum atomic E-state index is 11.4. The van der Waals surface area contributed by atoms with Crippen LogP contribution < -0.4 is 5.46 Å². The first-order valence-corrected chi connectivity index (χ1v) is 4.78. The molecule has 90 valence electrons. The lowest BCUT2D eigenvalue weighted by Gasteiger charge is -2.04. The van der Waals surface area contributed by atoms with Gasteiger partial charge in [-0.1, -0.05) is 0 Å². The minimum Gasteiger partial charge on any atom is -0.462 e. The Hall–Kier alpha value is -1.93. The smallest absolute Gasteiger partial charge is 0.462 e. The Balaban J connectivity index is 3.21. The SMILES string of the molecule is CCOC(=O)c1cc(B(O)O)cc([N+](=O)[O-])c1. The molecular formula is C9H10BNO6. The van der Waals surface area contributed by atoms with Crippen molar-refractivity contribution in [1.29, 1.82) is 0 Å². The number of ether oxygens (including phenoxy) is 1. The molecule has 0 aliphatic carbocycles. The van der Waals surface area contributed by atoms with Crippen molar-refractivity contribution in [2.75, 3.05) is 6.61 Å². The fraction of sp³-hybridized carbons (Fsp3) is 0.222. The van der Waals surface area contributed by atoms with Crippen molar-refractivity contribution in [2.24, 2.45) is 0 Å². The molecule has 7 nitrogen and oxygen atoms in total. The molecule has 0 aliphatic rings. The highest BCUT2D eigenvalue weighted by Gasteiger charge is 2.20. The lowest BCUT2D eigenvalue weighted by molar-refractivity contribution is -0.384. The van der Waals surface area contributed by atoms with Crippen molar-refractivity contribution in [3.8, 4) is 0 Å². The molecule has 0 spiro atoms. The lowest BCUT2D eigenvalue weighted by Crippen LogP contribution is -2.30. The number of hydrogen-bond acceptors (Lipinski definition) is 6. The van der Waals surface area contributed by atoms with Gasteiger partial charge in [-0.3, -0.25) is 10.1 Å². The van der Waals surface area contributed by atoms with Gasteiger partial charge in [0.2, 0.25) is 0 Å². The highest BCUT2D eigenvalue weighted by Crippen LogP contribution is 2.13. The van der Waals surface area contributed by atoms with Crippen LogP contribution >= 0.6 is 0 Å². The third-order valence-electron chi connectivity index (χ3n) is 1.96. The standard InChI is InChI=1S/C9H10BNO6/c1-2-17-9(12)6-3-7(10(13)14)5-8(4-6)11(15)16/h3-5,13-14H,2H2,1H3. The summed E-state index contributed by atoms with van der Waals surface area (Å²) in [6.45, 7) is 1.72. The van der Waals surface area contributed by atoms with Gasteiger partial charge in [0, 0.05) is 12.1 Å². The molecule has 0 fully saturated rings. The highest BCUT2D eigenvalue weighted by molar-refractivity contribution is 6.58. The zero-order valence-electron chi connectivity index (χ0n) is 8.99. The van der Waals surface area contributed by atoms with E-state index in [1.165, 1.54) is 0 Å². The van der Waals surface area contributed by atoms with Gasteiger partial charge in [-0.05, 0) is 18.5 Å². The molecule has 0 aromatic heterocycles. The second kappa shape index (κ2) is 5.42. The zero-order valence-corrected chi connectivity index (χ0v) is 8.99. The predicted octanol–water partition coefficient (Wildman–Crippen LogP) is -0.549. The molecule has 17 heavy (non-hydrogen) atoms. The highest BCUT2D eigenvalue weighted by atomic mass is 16.6. The molecule has 2 N–H and O–H groups in total. The number of esters is 1. The molecule has 1 aromatic carbocycles. The molecular weight excluding hydrogens is 229 g/mol. The van der Waals surface area contributed by atoms with Gasteiger partial charge in [-0.2, -0.15) is 0 Å². The number of nitro groups is 1. The Kier molecular flexibility index (Phi) is 4.19. The van der Waals surface area contributed by atoms with Crippen molar-refractivity contribution < 1.29 is 24.5 Å². The molecule has 0 saturated heterocycles. The van der Waals surface area contributed by atoms with Crippen LogP contribution in [0.1, 0.15) is 17.3 Å². The summed E-state index contributed by atoms with van der Waals surface area (Å²) in [4.78, 5) is 21.3. The number of rotatable bonds is 4. The van der Waals surface area contributed by atoms with Crippen LogP contribution in [0.3, 0.4) is 0 Å². The fourth-order valence-electron chi connectivity index (χ4n) is 1.22. The molecule has 0 heterocycles. The number of hydrogen-bond donors (Lipinski definition) is 2. The van der Waals surface area contributed by atoms with Crippen molar-refractivity contribution in [3.63, 3.8) is 0 Å². The molecule has 1 rings (SSSR count). The monoisotopic (exact) mass is 239 g/mol. The van der Waals surface area contributed by atoms with E-state index < -0.39 is 23.7 Å². The maximum Gasteiger partial charge on any atom is 0.488 e. The minimum atomic E-state index is -1.89. The third kappa shape index (κ3) is 3.26. The summed E-state index contributed by atoms with van der Waals surface area (Å²) in [7, 11) is -1.89. The van der Waals surface area contributed by atoms with Gasteiger partial charge in [0.25, 0.3) is 5.69 Å². The van der Waals surface area contributed by atoms with E-state index in [1.54, 1.807) is 6.92 Å². The summed E-state index contributed by atoms with van der Waals surface area (Å²) >= 11 is 0. The van der Waals surface area contributed by atoms with E-state index in [0.29, 0.717) is 0 Å². The second-order valence-electron chi connectivity index (χ2n) is 3.16. The average Bonchev–Trinajstić information content (AvgIpc) is 2.28. The molecule has 0 radical (unpaired) electrons. The van der Waals surface area contributed by atoms with E-state index in [0.717, 1.165) is 18.2 Å². The van der Waals surface area contributed by atoms with Gasteiger partial charge >= 0.3 is 13.1 Å². The quantitative estimate of drug-likeness (QED) is 0.315. The van der Waals surface area contributed by atoms with Crippen molar-refractivity contribution in [2.45, 2.75) is 6.92 Å². The van der Waals surface area contributed by atoms with E-state index in [9.17, 15) is 14.9 Å². The summed E-state index contributed by atoms with van der Waals surface area (Å²) in [6, 6.07) is 3.13. The van der Waals surface area contributed by atoms with E-state index in [4.69, 9.17) is 10.0 Å². The van der Waals surface area contributed by atoms with E-state index in [-0.39, 0.29) is 17.6 Å². The molecule has 1 aromatic rings. The Morgan fingerprint density at radius 1 is 1.47 bits per heavy atom. The van der Waals surface area contributed by atoms with E-state index >= 15 is 0 Å². The number of carbonyl (C=O) groups is 1. The maximum absolute atomic E-state index is 11.4. The van der Waals surface area contributed by atoms with Crippen molar-refractivity contribution in [3.05, 3.63) is 33.9 Å². The topological polar surface area (TPSA) is 110 Å². The number of nitro benzene ring substituents is 1. The zero-order chi connectivity index (χ0) is 13.0. The van der Waals surface area contributed by atoms with Gasteiger partial charge in [-0.15, -0.1) is 0 Å². The first-order chi connectivity index (χ1) is 7.95. The second-order valence-corrected chi connectivity index (χ2v) is 3.16. The Morgan fingerprint density at radius 3 is 2.59 bits per heavy atom. The summed E-state index contributed by atoms with van der Waals surface area (Å²) in [5, 5.41) is 28.5. The predicted molar refractivity (Wildman–Crippen MR) is 58.9 cm³/mol. The van der Waals surface area contributed by atoms with Crippen LogP contribution in [0.4, 0.5) is 5.69 Å². The first-order valence-electron chi connectivity index (χ1n) is 4.78. The Bertz CT molecular complexity index is 447. The van der Waals surface area contributed by atoms with Gasteiger partial charge in [0.15, 0.2) is 0 Å². The summed E-state index contributed by atoms with van der Waals surface area (Å²) < 4.78 is 4.67. The van der Waals surface area contributed by atoms with Crippen molar-refractivity contribution in [1.82, 2.24) is 0 Å². The number of carbonyl (C=O) groups excluding carboxylic acids is 1. The average molecular weight is 239 g/mol. The van der Waals surface area contributed by atoms with Crippen LogP contribution in [0.2, 0.25) is 0 Å². The minimum absolute atomic E-state index is 0.0934. The Morgan fingerprint density at radius 2 is 2.12 bits per heavy atom. The van der Waals surface area contributed by atoms with Crippen LogP contribution in [-0.2, 0) is 4.74 Å². The summed E-state index contributed by atoms with van der Waals surface area (Å²) in [6.07, 6.45) is 0. The number of benzene rings is 1.